The molecule has 0 radical (unpaired) electrons. The van der Waals surface area contributed by atoms with Crippen LogP contribution in [0.5, 0.6) is 0 Å². The van der Waals surface area contributed by atoms with E-state index in [-0.39, 0.29) is 0 Å². The molecule has 0 unspecified atom stereocenters. The van der Waals surface area contributed by atoms with Crippen LogP contribution in [0, 0.1) is 6.92 Å². The van der Waals surface area contributed by atoms with Crippen LogP contribution in [0.1, 0.15) is 28.7 Å². The molecule has 4 rings (SSSR count). The maximum atomic E-state index is 12.7. The lowest BCUT2D eigenvalue weighted by atomic mass is 9.98. The number of rotatable bonds is 6. The highest BCUT2D eigenvalue weighted by molar-refractivity contribution is 5.65. The Hall–Kier alpha value is -3.33. The molecule has 0 heterocycles. The van der Waals surface area contributed by atoms with Crippen molar-refractivity contribution in [3.8, 4) is 22.3 Å². The van der Waals surface area contributed by atoms with Gasteiger partial charge < -0.3 is 0 Å². The summed E-state index contributed by atoms with van der Waals surface area (Å²) in [5, 5.41) is 0. The maximum Gasteiger partial charge on any atom is 0.416 e. The Kier molecular flexibility index (Phi) is 6.45. The van der Waals surface area contributed by atoms with Crippen molar-refractivity contribution in [3.63, 3.8) is 0 Å². The summed E-state index contributed by atoms with van der Waals surface area (Å²) in [6.45, 7) is 2.09. The van der Waals surface area contributed by atoms with Gasteiger partial charge in [-0.1, -0.05) is 90.5 Å². The van der Waals surface area contributed by atoms with Crippen LogP contribution >= 0.6 is 0 Å². The molecule has 0 aliphatic carbocycles. The highest BCUT2D eigenvalue weighted by atomic mass is 19.4. The van der Waals surface area contributed by atoms with Gasteiger partial charge in [-0.3, -0.25) is 0 Å². The van der Waals surface area contributed by atoms with Crippen LogP contribution in [-0.4, -0.2) is 0 Å². The summed E-state index contributed by atoms with van der Waals surface area (Å²) >= 11 is 0. The van der Waals surface area contributed by atoms with E-state index in [1.807, 2.05) is 12.1 Å². The molecule has 0 atom stereocenters. The summed E-state index contributed by atoms with van der Waals surface area (Å²) in [6.07, 6.45) is -1.28. The first-order valence-corrected chi connectivity index (χ1v) is 10.8. The number of halogens is 3. The third kappa shape index (κ3) is 5.47. The van der Waals surface area contributed by atoms with Crippen molar-refractivity contribution < 1.29 is 13.2 Å². The Morgan fingerprint density at radius 3 is 1.22 bits per heavy atom. The van der Waals surface area contributed by atoms with Crippen molar-refractivity contribution in [3.05, 3.63) is 119 Å². The Balaban J connectivity index is 1.31. The molecule has 32 heavy (non-hydrogen) atoms. The molecule has 0 aromatic heterocycles. The third-order valence-corrected chi connectivity index (χ3v) is 5.77. The van der Waals surface area contributed by atoms with Crippen molar-refractivity contribution >= 4 is 0 Å². The zero-order chi connectivity index (χ0) is 22.6. The Bertz CT molecular complexity index is 1140. The first-order valence-electron chi connectivity index (χ1n) is 10.8. The van der Waals surface area contributed by atoms with Gasteiger partial charge in [0, 0.05) is 0 Å². The van der Waals surface area contributed by atoms with E-state index >= 15 is 0 Å². The lowest BCUT2D eigenvalue weighted by Crippen LogP contribution is -2.03. The van der Waals surface area contributed by atoms with Crippen LogP contribution in [0.4, 0.5) is 13.2 Å². The standard InChI is InChI=1S/C29H25F3/c1-21-5-11-24(12-6-21)25-13-7-22(8-14-25)3-2-4-23-9-15-26(16-10-23)27-17-19-28(20-18-27)29(30,31)32/h5-20H,2-4H2,1H3. The van der Waals surface area contributed by atoms with Crippen molar-refractivity contribution in [2.45, 2.75) is 32.4 Å². The second kappa shape index (κ2) is 9.44. The fourth-order valence-corrected chi connectivity index (χ4v) is 3.82. The molecule has 4 aromatic carbocycles. The van der Waals surface area contributed by atoms with Crippen LogP contribution in [0.25, 0.3) is 22.3 Å². The van der Waals surface area contributed by atoms with E-state index in [2.05, 4.69) is 67.6 Å². The van der Waals surface area contributed by atoms with E-state index in [1.165, 1.54) is 39.9 Å². The van der Waals surface area contributed by atoms with Crippen LogP contribution in [0.15, 0.2) is 97.1 Å². The average molecular weight is 431 g/mol. The van der Waals surface area contributed by atoms with E-state index in [1.54, 1.807) is 0 Å². The van der Waals surface area contributed by atoms with Crippen molar-refractivity contribution in [2.24, 2.45) is 0 Å². The first kappa shape index (κ1) is 21.9. The maximum absolute atomic E-state index is 12.7. The SMILES string of the molecule is Cc1ccc(-c2ccc(CCCc3ccc(-c4ccc(C(F)(F)F)cc4)cc3)cc2)cc1. The van der Waals surface area contributed by atoms with Crippen LogP contribution in [0.3, 0.4) is 0 Å². The quantitative estimate of drug-likeness (QED) is 0.287. The predicted molar refractivity (Wildman–Crippen MR) is 126 cm³/mol. The molecular formula is C29H25F3. The predicted octanol–water partition coefficient (Wildman–Crippen LogP) is 8.52. The van der Waals surface area contributed by atoms with Gasteiger partial charge in [0.15, 0.2) is 0 Å². The summed E-state index contributed by atoms with van der Waals surface area (Å²) in [6, 6.07) is 30.7. The Morgan fingerprint density at radius 2 is 0.844 bits per heavy atom. The number of hydrogen-bond donors (Lipinski definition) is 0. The second-order valence-electron chi connectivity index (χ2n) is 8.19. The molecule has 3 heteroatoms. The number of hydrogen-bond acceptors (Lipinski definition) is 0. The van der Waals surface area contributed by atoms with Crippen molar-refractivity contribution in [1.82, 2.24) is 0 Å². The van der Waals surface area contributed by atoms with Gasteiger partial charge in [-0.15, -0.1) is 0 Å². The summed E-state index contributed by atoms with van der Waals surface area (Å²) in [5.74, 6) is 0. The minimum Gasteiger partial charge on any atom is -0.166 e. The van der Waals surface area contributed by atoms with E-state index in [4.69, 9.17) is 0 Å². The second-order valence-corrected chi connectivity index (χ2v) is 8.19. The molecular weight excluding hydrogens is 405 g/mol. The summed E-state index contributed by atoms with van der Waals surface area (Å²) < 4.78 is 38.2. The van der Waals surface area contributed by atoms with Gasteiger partial charge in [0.25, 0.3) is 0 Å². The van der Waals surface area contributed by atoms with Crippen molar-refractivity contribution in [2.75, 3.05) is 0 Å². The molecule has 0 aliphatic rings. The van der Waals surface area contributed by atoms with Crippen LogP contribution in [-0.2, 0) is 19.0 Å². The fourth-order valence-electron chi connectivity index (χ4n) is 3.82. The molecule has 0 bridgehead atoms. The average Bonchev–Trinajstić information content (AvgIpc) is 2.80. The van der Waals surface area contributed by atoms with E-state index in [0.29, 0.717) is 0 Å². The Morgan fingerprint density at radius 1 is 0.500 bits per heavy atom. The third-order valence-electron chi connectivity index (χ3n) is 5.77. The Labute approximate surface area is 187 Å². The van der Waals surface area contributed by atoms with Crippen LogP contribution < -0.4 is 0 Å². The fraction of sp³-hybridized carbons (Fsp3) is 0.172. The minimum absolute atomic E-state index is 0.621. The molecule has 0 amide bonds. The number of alkyl halides is 3. The molecule has 0 saturated carbocycles. The van der Waals surface area contributed by atoms with Gasteiger partial charge >= 0.3 is 6.18 Å². The summed E-state index contributed by atoms with van der Waals surface area (Å²) in [5.41, 5.74) is 7.37. The molecule has 0 saturated heterocycles. The molecule has 0 fully saturated rings. The smallest absolute Gasteiger partial charge is 0.166 e. The zero-order valence-electron chi connectivity index (χ0n) is 18.0. The van der Waals surface area contributed by atoms with E-state index in [0.717, 1.165) is 42.5 Å². The number of aryl methyl sites for hydroxylation is 3. The largest absolute Gasteiger partial charge is 0.416 e. The van der Waals surface area contributed by atoms with Gasteiger partial charge in [-0.25, -0.2) is 0 Å². The molecule has 0 aliphatic heterocycles. The molecule has 4 aromatic rings. The molecule has 0 spiro atoms. The lowest BCUT2D eigenvalue weighted by Gasteiger charge is -2.09. The highest BCUT2D eigenvalue weighted by Crippen LogP contribution is 2.31. The van der Waals surface area contributed by atoms with Gasteiger partial charge in [0.05, 0.1) is 5.56 Å². The number of benzene rings is 4. The lowest BCUT2D eigenvalue weighted by molar-refractivity contribution is -0.137. The zero-order valence-corrected chi connectivity index (χ0v) is 18.0. The van der Waals surface area contributed by atoms with Crippen molar-refractivity contribution in [1.29, 1.82) is 0 Å². The highest BCUT2D eigenvalue weighted by Gasteiger charge is 2.29. The van der Waals surface area contributed by atoms with E-state index in [9.17, 15) is 13.2 Å². The monoisotopic (exact) mass is 430 g/mol. The van der Waals surface area contributed by atoms with Gasteiger partial charge in [-0.05, 0) is 71.7 Å². The van der Waals surface area contributed by atoms with Gasteiger partial charge in [0.1, 0.15) is 0 Å². The van der Waals surface area contributed by atoms with Crippen LogP contribution in [0.2, 0.25) is 0 Å². The summed E-state index contributed by atoms with van der Waals surface area (Å²) in [7, 11) is 0. The van der Waals surface area contributed by atoms with Gasteiger partial charge in [0.2, 0.25) is 0 Å². The molecule has 0 N–H and O–H groups in total. The normalized spacial score (nSPS) is 11.5. The van der Waals surface area contributed by atoms with Gasteiger partial charge in [-0.2, -0.15) is 13.2 Å². The van der Waals surface area contributed by atoms with E-state index < -0.39 is 11.7 Å². The summed E-state index contributed by atoms with van der Waals surface area (Å²) in [4.78, 5) is 0. The molecule has 162 valence electrons. The molecule has 0 nitrogen and oxygen atoms in total. The first-order chi connectivity index (χ1) is 15.4. The topological polar surface area (TPSA) is 0 Å². The minimum atomic E-state index is -4.30.